The quantitative estimate of drug-likeness (QED) is 0.605. The van der Waals surface area contributed by atoms with Gasteiger partial charge >= 0.3 is 0 Å². The molecule has 0 aliphatic carbocycles. The lowest BCUT2D eigenvalue weighted by Crippen LogP contribution is -2.00. The molecule has 13 heavy (non-hydrogen) atoms. The van der Waals surface area contributed by atoms with Crippen molar-refractivity contribution in [1.82, 2.24) is 9.97 Å². The Bertz CT molecular complexity index is 436. The number of nitrogen functional groups attached to an aromatic ring is 1. The second-order valence-corrected chi connectivity index (χ2v) is 2.01. The highest BCUT2D eigenvalue weighted by Gasteiger charge is 2.09. The molecule has 0 saturated carbocycles. The highest BCUT2D eigenvalue weighted by molar-refractivity contribution is 5.55. The fourth-order valence-electron chi connectivity index (χ4n) is 0.707. The molecule has 0 atom stereocenters. The van der Waals surface area contributed by atoms with Gasteiger partial charge in [-0.15, -0.1) is 0 Å². The molecule has 0 radical (unpaired) electrons. The van der Waals surface area contributed by atoms with Gasteiger partial charge in [-0.25, -0.2) is 15.0 Å². The summed E-state index contributed by atoms with van der Waals surface area (Å²) in [5.74, 6) is -0.0558. The second-order valence-electron chi connectivity index (χ2n) is 2.01. The molecule has 1 aromatic heterocycles. The van der Waals surface area contributed by atoms with Crippen molar-refractivity contribution in [1.29, 1.82) is 10.5 Å². The number of aromatic nitrogens is 2. The van der Waals surface area contributed by atoms with E-state index in [-0.39, 0.29) is 23.0 Å². The maximum absolute atomic E-state index is 8.56. The molecule has 0 spiro atoms. The van der Waals surface area contributed by atoms with Crippen molar-refractivity contribution in [2.75, 3.05) is 5.73 Å². The third-order valence-corrected chi connectivity index (χ3v) is 1.27. The molecule has 0 unspecified atom stereocenters. The zero-order valence-electron chi connectivity index (χ0n) is 6.52. The summed E-state index contributed by atoms with van der Waals surface area (Å²) in [6, 6.07) is 3.47. The zero-order valence-corrected chi connectivity index (χ0v) is 6.52. The summed E-state index contributed by atoms with van der Waals surface area (Å²) in [5, 5.41) is 17.1. The van der Waals surface area contributed by atoms with Gasteiger partial charge in [0, 0.05) is 0 Å². The first-order valence-corrected chi connectivity index (χ1v) is 3.17. The molecule has 0 bridgehead atoms. The predicted octanol–water partition coefficient (Wildman–Crippen LogP) is 0.134. The molecule has 0 fully saturated rings. The molecular weight excluding hydrogens is 168 g/mol. The molecule has 1 rings (SSSR count). The van der Waals surface area contributed by atoms with Crippen LogP contribution in [0.3, 0.4) is 0 Å². The fraction of sp³-hybridized carbons (Fsp3) is 0. The van der Waals surface area contributed by atoms with Crippen LogP contribution in [-0.2, 0) is 0 Å². The molecule has 1 heterocycles. The number of nitriles is 2. The van der Waals surface area contributed by atoms with Crippen molar-refractivity contribution in [3.05, 3.63) is 11.4 Å². The van der Waals surface area contributed by atoms with Crippen LogP contribution in [0.4, 0.5) is 11.6 Å². The summed E-state index contributed by atoms with van der Waals surface area (Å²) in [6.07, 6.45) is 0. The van der Waals surface area contributed by atoms with Crippen LogP contribution in [0.5, 0.6) is 0 Å². The number of nitrogens with zero attached hydrogens (tertiary/aromatic N) is 5. The van der Waals surface area contributed by atoms with Crippen LogP contribution in [0.25, 0.3) is 0 Å². The van der Waals surface area contributed by atoms with Gasteiger partial charge in [-0.1, -0.05) is 0 Å². The monoisotopic (exact) mass is 172 g/mol. The average Bonchev–Trinajstić information content (AvgIpc) is 2.17. The molecular formula is C7H4N6. The largest absolute Gasteiger partial charge is 0.381 e. The summed E-state index contributed by atoms with van der Waals surface area (Å²) >= 11 is 0. The van der Waals surface area contributed by atoms with E-state index in [0.29, 0.717) is 0 Å². The zero-order chi connectivity index (χ0) is 9.84. The Balaban J connectivity index is 3.48. The Labute approximate surface area is 74.0 Å². The molecule has 6 heteroatoms. The van der Waals surface area contributed by atoms with E-state index < -0.39 is 0 Å². The summed E-state index contributed by atoms with van der Waals surface area (Å²) in [7, 11) is 0. The lowest BCUT2D eigenvalue weighted by molar-refractivity contribution is 1.13. The Morgan fingerprint density at radius 1 is 1.23 bits per heavy atom. The van der Waals surface area contributed by atoms with E-state index in [0.717, 1.165) is 0 Å². The van der Waals surface area contributed by atoms with E-state index >= 15 is 0 Å². The van der Waals surface area contributed by atoms with Crippen molar-refractivity contribution < 1.29 is 0 Å². The molecule has 1 aromatic rings. The van der Waals surface area contributed by atoms with Gasteiger partial charge in [0.05, 0.1) is 0 Å². The number of nitrogens with two attached hydrogens (primary N) is 1. The number of hydrogen-bond donors (Lipinski definition) is 1. The van der Waals surface area contributed by atoms with E-state index in [1.165, 1.54) is 0 Å². The maximum atomic E-state index is 8.56. The Morgan fingerprint density at radius 3 is 2.31 bits per heavy atom. The van der Waals surface area contributed by atoms with Gasteiger partial charge in [0.25, 0.3) is 0 Å². The van der Waals surface area contributed by atoms with Crippen LogP contribution in [-0.4, -0.2) is 16.7 Å². The number of hydrogen-bond acceptors (Lipinski definition) is 6. The van der Waals surface area contributed by atoms with Gasteiger partial charge in [-0.05, 0) is 6.72 Å². The summed E-state index contributed by atoms with van der Waals surface area (Å²) in [6.45, 7) is 3.19. The topological polar surface area (TPSA) is 112 Å². The minimum Gasteiger partial charge on any atom is -0.381 e. The van der Waals surface area contributed by atoms with Crippen molar-refractivity contribution >= 4 is 18.4 Å². The van der Waals surface area contributed by atoms with Gasteiger partial charge < -0.3 is 5.73 Å². The first kappa shape index (κ1) is 8.62. The van der Waals surface area contributed by atoms with Gasteiger partial charge in [0.2, 0.25) is 0 Å². The molecule has 2 N–H and O–H groups in total. The van der Waals surface area contributed by atoms with E-state index in [9.17, 15) is 0 Å². The summed E-state index contributed by atoms with van der Waals surface area (Å²) in [4.78, 5) is 10.7. The lowest BCUT2D eigenvalue weighted by Gasteiger charge is -1.98. The Hall–Kier alpha value is -2.47. The molecule has 0 aromatic carbocycles. The molecule has 0 aliphatic heterocycles. The van der Waals surface area contributed by atoms with E-state index in [4.69, 9.17) is 16.3 Å². The van der Waals surface area contributed by atoms with Gasteiger partial charge in [-0.3, -0.25) is 0 Å². The van der Waals surface area contributed by atoms with E-state index in [2.05, 4.69) is 21.7 Å². The number of aliphatic imine (C=N–C) groups is 1. The SMILES string of the molecule is C=Nc1nc(C#N)c(N)nc1C#N. The lowest BCUT2D eigenvalue weighted by atomic mass is 10.4. The van der Waals surface area contributed by atoms with Crippen LogP contribution in [0.15, 0.2) is 4.99 Å². The van der Waals surface area contributed by atoms with Gasteiger partial charge in [0.15, 0.2) is 23.0 Å². The molecule has 62 valence electrons. The predicted molar refractivity (Wildman–Crippen MR) is 45.1 cm³/mol. The molecule has 0 saturated heterocycles. The van der Waals surface area contributed by atoms with Crippen molar-refractivity contribution in [2.24, 2.45) is 4.99 Å². The van der Waals surface area contributed by atoms with Crippen molar-refractivity contribution in [3.8, 4) is 12.1 Å². The van der Waals surface area contributed by atoms with Crippen LogP contribution < -0.4 is 5.73 Å². The Kier molecular flexibility index (Phi) is 2.18. The van der Waals surface area contributed by atoms with Crippen LogP contribution in [0.1, 0.15) is 11.4 Å². The molecule has 0 aliphatic rings. The summed E-state index contributed by atoms with van der Waals surface area (Å²) < 4.78 is 0. The van der Waals surface area contributed by atoms with Crippen LogP contribution in [0, 0.1) is 22.7 Å². The standard InChI is InChI=1S/C7H4N6/c1-11-7-5(3-9)12-6(10)4(2-8)13-7/h1H2,(H2,10,12). The Morgan fingerprint density at radius 2 is 1.85 bits per heavy atom. The van der Waals surface area contributed by atoms with E-state index in [1.807, 2.05) is 0 Å². The highest BCUT2D eigenvalue weighted by Crippen LogP contribution is 2.15. The highest BCUT2D eigenvalue weighted by atomic mass is 15.0. The second kappa shape index (κ2) is 3.28. The molecule has 0 amide bonds. The summed E-state index contributed by atoms with van der Waals surface area (Å²) in [5.41, 5.74) is 5.23. The van der Waals surface area contributed by atoms with Crippen LogP contribution in [0.2, 0.25) is 0 Å². The van der Waals surface area contributed by atoms with Crippen LogP contribution >= 0.6 is 0 Å². The van der Waals surface area contributed by atoms with Crippen molar-refractivity contribution in [3.63, 3.8) is 0 Å². The van der Waals surface area contributed by atoms with E-state index in [1.54, 1.807) is 12.1 Å². The first-order chi connectivity index (χ1) is 6.22. The maximum Gasteiger partial charge on any atom is 0.190 e. The molecule has 6 nitrogen and oxygen atoms in total. The van der Waals surface area contributed by atoms with Crippen molar-refractivity contribution in [2.45, 2.75) is 0 Å². The first-order valence-electron chi connectivity index (χ1n) is 3.17. The smallest absolute Gasteiger partial charge is 0.190 e. The third-order valence-electron chi connectivity index (χ3n) is 1.27. The van der Waals surface area contributed by atoms with Gasteiger partial charge in [-0.2, -0.15) is 10.5 Å². The normalized spacial score (nSPS) is 8.46. The average molecular weight is 172 g/mol. The minimum atomic E-state index is -0.0774. The number of rotatable bonds is 1. The van der Waals surface area contributed by atoms with Gasteiger partial charge in [0.1, 0.15) is 12.1 Å². The third kappa shape index (κ3) is 1.42. The fourth-order valence-corrected chi connectivity index (χ4v) is 0.707. The number of anilines is 1. The minimum absolute atomic E-state index is 0.0215.